The highest BCUT2D eigenvalue weighted by Gasteiger charge is 2.57. The molecule has 1 saturated carbocycles. The Morgan fingerprint density at radius 2 is 1.90 bits per heavy atom. The first-order valence-electron chi connectivity index (χ1n) is 8.52. The van der Waals surface area contributed by atoms with Crippen molar-refractivity contribution < 1.29 is 9.84 Å². The van der Waals surface area contributed by atoms with Gasteiger partial charge in [-0.3, -0.25) is 0 Å². The molecule has 20 heavy (non-hydrogen) atoms. The van der Waals surface area contributed by atoms with Gasteiger partial charge in [0.05, 0.1) is 11.7 Å². The van der Waals surface area contributed by atoms with Crippen molar-refractivity contribution in [3.63, 3.8) is 0 Å². The van der Waals surface area contributed by atoms with Crippen LogP contribution >= 0.6 is 0 Å². The van der Waals surface area contributed by atoms with E-state index < -0.39 is 5.60 Å². The lowest BCUT2D eigenvalue weighted by molar-refractivity contribution is -0.195. The molecule has 2 rings (SSSR count). The first-order valence-corrected chi connectivity index (χ1v) is 8.52. The minimum Gasteiger partial charge on any atom is -0.389 e. The number of hydrogen-bond donors (Lipinski definition) is 2. The monoisotopic (exact) mass is 283 g/mol. The minimum absolute atomic E-state index is 0.199. The van der Waals surface area contributed by atoms with Crippen molar-refractivity contribution in [1.29, 1.82) is 0 Å². The summed E-state index contributed by atoms with van der Waals surface area (Å²) in [6.45, 7) is 10.6. The van der Waals surface area contributed by atoms with E-state index in [2.05, 4.69) is 33.0 Å². The summed E-state index contributed by atoms with van der Waals surface area (Å²) >= 11 is 0. The van der Waals surface area contributed by atoms with Gasteiger partial charge < -0.3 is 15.2 Å². The minimum atomic E-state index is -0.528. The summed E-state index contributed by atoms with van der Waals surface area (Å²) < 4.78 is 5.95. The Kier molecular flexibility index (Phi) is 5.14. The summed E-state index contributed by atoms with van der Waals surface area (Å²) in [7, 11) is 0. The zero-order valence-electron chi connectivity index (χ0n) is 13.7. The van der Waals surface area contributed by atoms with E-state index in [9.17, 15) is 5.11 Å². The summed E-state index contributed by atoms with van der Waals surface area (Å²) in [6, 6.07) is 0.494. The Morgan fingerprint density at radius 1 is 1.25 bits per heavy atom. The third kappa shape index (κ3) is 3.05. The Labute approximate surface area is 124 Å². The molecule has 2 fully saturated rings. The molecule has 0 amide bonds. The van der Waals surface area contributed by atoms with E-state index in [1.165, 1.54) is 12.8 Å². The van der Waals surface area contributed by atoms with Gasteiger partial charge in [-0.15, -0.1) is 0 Å². The second-order valence-corrected chi connectivity index (χ2v) is 7.50. The second-order valence-electron chi connectivity index (χ2n) is 7.50. The normalized spacial score (nSPS) is 32.5. The summed E-state index contributed by atoms with van der Waals surface area (Å²) in [6.07, 6.45) is 6.74. The third-order valence-corrected chi connectivity index (χ3v) is 5.41. The molecule has 1 saturated heterocycles. The van der Waals surface area contributed by atoms with E-state index in [1.807, 2.05) is 0 Å². The van der Waals surface area contributed by atoms with Crippen molar-refractivity contribution >= 4 is 0 Å². The van der Waals surface area contributed by atoms with Crippen LogP contribution in [0.2, 0.25) is 0 Å². The Morgan fingerprint density at radius 3 is 2.50 bits per heavy atom. The van der Waals surface area contributed by atoms with E-state index in [4.69, 9.17) is 4.74 Å². The van der Waals surface area contributed by atoms with Gasteiger partial charge in [0.2, 0.25) is 0 Å². The highest BCUT2D eigenvalue weighted by molar-refractivity contribution is 5.10. The van der Waals surface area contributed by atoms with Gasteiger partial charge in [-0.2, -0.15) is 0 Å². The predicted molar refractivity (Wildman–Crippen MR) is 82.8 cm³/mol. The summed E-state index contributed by atoms with van der Waals surface area (Å²) in [5, 5.41) is 14.4. The molecule has 3 heteroatoms. The molecular weight excluding hydrogens is 250 g/mol. The van der Waals surface area contributed by atoms with Crippen LogP contribution < -0.4 is 5.32 Å². The van der Waals surface area contributed by atoms with E-state index in [0.29, 0.717) is 18.1 Å². The van der Waals surface area contributed by atoms with E-state index in [1.54, 1.807) is 0 Å². The highest BCUT2D eigenvalue weighted by atomic mass is 16.5. The van der Waals surface area contributed by atoms with Crippen LogP contribution in [0.15, 0.2) is 0 Å². The molecule has 1 aliphatic heterocycles. The molecule has 2 aliphatic rings. The first kappa shape index (κ1) is 16.3. The third-order valence-electron chi connectivity index (χ3n) is 5.41. The molecule has 0 bridgehead atoms. The molecule has 0 aromatic carbocycles. The van der Waals surface area contributed by atoms with Gasteiger partial charge in [0.1, 0.15) is 0 Å². The predicted octanol–water partition coefficient (Wildman–Crippen LogP) is 3.11. The maximum Gasteiger partial charge on any atom is 0.0771 e. The van der Waals surface area contributed by atoms with Crippen LogP contribution in [0.1, 0.15) is 66.2 Å². The standard InChI is InChI=1S/C17H33NO2/c1-5-9-17(19,10-6-2)12-18-14-13-8-7-11-20-15(13)16(14,3)4/h13-15,18-19H,5-12H2,1-4H3. The van der Waals surface area contributed by atoms with Crippen LogP contribution in [0.3, 0.4) is 0 Å². The molecule has 1 aliphatic carbocycles. The number of fused-ring (bicyclic) bond motifs is 1. The van der Waals surface area contributed by atoms with Crippen LogP contribution in [-0.4, -0.2) is 36.0 Å². The summed E-state index contributed by atoms with van der Waals surface area (Å²) in [5.41, 5.74) is -0.329. The molecule has 0 aromatic rings. The van der Waals surface area contributed by atoms with Gasteiger partial charge >= 0.3 is 0 Å². The van der Waals surface area contributed by atoms with Crippen molar-refractivity contribution in [2.75, 3.05) is 13.2 Å². The fraction of sp³-hybridized carbons (Fsp3) is 1.00. The van der Waals surface area contributed by atoms with Gasteiger partial charge in [0, 0.05) is 30.5 Å². The SMILES string of the molecule is CCCC(O)(CCC)CNC1C2CCCOC2C1(C)C. The molecule has 0 radical (unpaired) electrons. The highest BCUT2D eigenvalue weighted by Crippen LogP contribution is 2.51. The fourth-order valence-electron chi connectivity index (χ4n) is 4.47. The molecule has 1 heterocycles. The summed E-state index contributed by atoms with van der Waals surface area (Å²) in [5.74, 6) is 0.645. The molecule has 0 aromatic heterocycles. The van der Waals surface area contributed by atoms with Gasteiger partial charge in [-0.25, -0.2) is 0 Å². The molecule has 3 atom stereocenters. The molecule has 118 valence electrons. The molecular formula is C17H33NO2. The number of rotatable bonds is 7. The van der Waals surface area contributed by atoms with Crippen LogP contribution in [0.25, 0.3) is 0 Å². The van der Waals surface area contributed by atoms with Gasteiger partial charge in [-0.05, 0) is 25.7 Å². The van der Waals surface area contributed by atoms with Crippen molar-refractivity contribution in [3.8, 4) is 0 Å². The molecule has 3 unspecified atom stereocenters. The van der Waals surface area contributed by atoms with Crippen LogP contribution in [-0.2, 0) is 4.74 Å². The van der Waals surface area contributed by atoms with Crippen molar-refractivity contribution in [1.82, 2.24) is 5.32 Å². The van der Waals surface area contributed by atoms with E-state index in [-0.39, 0.29) is 5.41 Å². The number of nitrogens with one attached hydrogen (secondary N) is 1. The molecule has 0 spiro atoms. The lowest BCUT2D eigenvalue weighted by atomic mass is 9.55. The van der Waals surface area contributed by atoms with Crippen molar-refractivity contribution in [2.45, 2.75) is 84.0 Å². The van der Waals surface area contributed by atoms with E-state index >= 15 is 0 Å². The molecule has 3 nitrogen and oxygen atoms in total. The number of aliphatic hydroxyl groups is 1. The first-order chi connectivity index (χ1) is 9.44. The zero-order valence-corrected chi connectivity index (χ0v) is 13.7. The smallest absolute Gasteiger partial charge is 0.0771 e. The van der Waals surface area contributed by atoms with Gasteiger partial charge in [0.15, 0.2) is 0 Å². The van der Waals surface area contributed by atoms with Crippen molar-refractivity contribution in [3.05, 3.63) is 0 Å². The second kappa shape index (κ2) is 6.33. The topological polar surface area (TPSA) is 41.5 Å². The summed E-state index contributed by atoms with van der Waals surface area (Å²) in [4.78, 5) is 0. The average molecular weight is 283 g/mol. The fourth-order valence-corrected chi connectivity index (χ4v) is 4.47. The quantitative estimate of drug-likeness (QED) is 0.754. The number of hydrogen-bond acceptors (Lipinski definition) is 3. The van der Waals surface area contributed by atoms with E-state index in [0.717, 1.165) is 38.8 Å². The lowest BCUT2D eigenvalue weighted by Gasteiger charge is -2.60. The van der Waals surface area contributed by atoms with Crippen LogP contribution in [0.4, 0.5) is 0 Å². The Hall–Kier alpha value is -0.120. The van der Waals surface area contributed by atoms with Gasteiger partial charge in [-0.1, -0.05) is 40.5 Å². The van der Waals surface area contributed by atoms with Gasteiger partial charge in [0.25, 0.3) is 0 Å². The largest absolute Gasteiger partial charge is 0.389 e. The van der Waals surface area contributed by atoms with Crippen LogP contribution in [0, 0.1) is 11.3 Å². The van der Waals surface area contributed by atoms with Crippen LogP contribution in [0.5, 0.6) is 0 Å². The zero-order chi connectivity index (χ0) is 14.8. The maximum absolute atomic E-state index is 10.8. The average Bonchev–Trinajstić information content (AvgIpc) is 2.39. The number of ether oxygens (including phenoxy) is 1. The molecule has 2 N–H and O–H groups in total. The Bertz CT molecular complexity index is 310. The maximum atomic E-state index is 10.8. The Balaban J connectivity index is 1.92. The lowest BCUT2D eigenvalue weighted by Crippen LogP contribution is -2.70. The van der Waals surface area contributed by atoms with Crippen molar-refractivity contribution in [2.24, 2.45) is 11.3 Å².